The van der Waals surface area contributed by atoms with Crippen molar-refractivity contribution in [1.82, 2.24) is 4.90 Å². The van der Waals surface area contributed by atoms with E-state index in [1.807, 2.05) is 0 Å². The summed E-state index contributed by atoms with van der Waals surface area (Å²) in [6, 6.07) is 5.33. The molecule has 0 bridgehead atoms. The van der Waals surface area contributed by atoms with Crippen LogP contribution >= 0.6 is 0 Å². The van der Waals surface area contributed by atoms with E-state index in [2.05, 4.69) is 5.32 Å². The minimum atomic E-state index is -4.43. The fraction of sp³-hybridized carbons (Fsp3) is 0.462. The molecule has 0 unspecified atom stereocenters. The fourth-order valence-electron chi connectivity index (χ4n) is 1.65. The molecule has 1 rings (SSSR count). The highest BCUT2D eigenvalue weighted by Crippen LogP contribution is 2.19. The minimum Gasteiger partial charge on any atom is -0.326 e. The lowest BCUT2D eigenvalue weighted by molar-refractivity contribution is -0.142. The van der Waals surface area contributed by atoms with Crippen LogP contribution in [0, 0.1) is 0 Å². The number of hydrogen-bond acceptors (Lipinski definition) is 2. The molecule has 3 N–H and O–H groups in total. The first-order valence-corrected chi connectivity index (χ1v) is 6.16. The molecule has 0 saturated carbocycles. The van der Waals surface area contributed by atoms with Gasteiger partial charge in [-0.25, -0.2) is 4.79 Å². The average molecular weight is 289 g/mol. The van der Waals surface area contributed by atoms with E-state index in [9.17, 15) is 18.0 Å². The number of benzene rings is 1. The van der Waals surface area contributed by atoms with Gasteiger partial charge in [-0.05, 0) is 31.5 Å². The van der Waals surface area contributed by atoms with Crippen LogP contribution in [0.1, 0.15) is 19.4 Å². The average Bonchev–Trinajstić information content (AvgIpc) is 2.34. The van der Waals surface area contributed by atoms with E-state index >= 15 is 0 Å². The van der Waals surface area contributed by atoms with Crippen LogP contribution in [-0.4, -0.2) is 29.7 Å². The largest absolute Gasteiger partial charge is 0.406 e. The van der Waals surface area contributed by atoms with Crippen LogP contribution in [-0.2, 0) is 6.54 Å². The lowest BCUT2D eigenvalue weighted by atomic mass is 10.2. The summed E-state index contributed by atoms with van der Waals surface area (Å²) >= 11 is 0. The molecule has 0 aliphatic heterocycles. The Balaban J connectivity index is 2.80. The molecule has 0 aliphatic carbocycles. The van der Waals surface area contributed by atoms with Crippen molar-refractivity contribution in [2.75, 3.05) is 11.9 Å². The number of alkyl halides is 3. The molecule has 7 heteroatoms. The van der Waals surface area contributed by atoms with Crippen LogP contribution in [0.15, 0.2) is 24.3 Å². The third-order valence-corrected chi connectivity index (χ3v) is 2.65. The normalized spacial score (nSPS) is 11.6. The van der Waals surface area contributed by atoms with Crippen LogP contribution < -0.4 is 11.1 Å². The fourth-order valence-corrected chi connectivity index (χ4v) is 1.65. The summed E-state index contributed by atoms with van der Waals surface area (Å²) in [7, 11) is 0. The first kappa shape index (κ1) is 16.3. The molecule has 1 aromatic carbocycles. The van der Waals surface area contributed by atoms with Gasteiger partial charge in [0.25, 0.3) is 0 Å². The number of nitrogens with two attached hydrogens (primary N) is 1. The number of nitrogens with zero attached hydrogens (tertiary/aromatic N) is 1. The van der Waals surface area contributed by atoms with E-state index in [-0.39, 0.29) is 0 Å². The van der Waals surface area contributed by atoms with Crippen LogP contribution in [0.4, 0.5) is 23.7 Å². The molecule has 0 saturated heterocycles. The van der Waals surface area contributed by atoms with Gasteiger partial charge >= 0.3 is 12.2 Å². The summed E-state index contributed by atoms with van der Waals surface area (Å²) in [5.74, 6) is 0. The van der Waals surface area contributed by atoms with Crippen molar-refractivity contribution >= 4 is 11.7 Å². The monoisotopic (exact) mass is 289 g/mol. The predicted molar refractivity (Wildman–Crippen MR) is 71.2 cm³/mol. The first-order chi connectivity index (χ1) is 9.23. The van der Waals surface area contributed by atoms with E-state index in [1.54, 1.807) is 24.3 Å². The van der Waals surface area contributed by atoms with Crippen molar-refractivity contribution in [2.24, 2.45) is 5.73 Å². The second-order valence-electron chi connectivity index (χ2n) is 4.67. The summed E-state index contributed by atoms with van der Waals surface area (Å²) in [5.41, 5.74) is 6.68. The maximum atomic E-state index is 12.4. The van der Waals surface area contributed by atoms with E-state index in [0.717, 1.165) is 10.5 Å². The number of halogens is 3. The van der Waals surface area contributed by atoms with Crippen molar-refractivity contribution < 1.29 is 18.0 Å². The molecule has 0 spiro atoms. The Bertz CT molecular complexity index is 460. The topological polar surface area (TPSA) is 58.4 Å². The van der Waals surface area contributed by atoms with E-state index in [1.165, 1.54) is 13.8 Å². The van der Waals surface area contributed by atoms with Crippen molar-refractivity contribution in [2.45, 2.75) is 32.6 Å². The Morgan fingerprint density at radius 1 is 1.40 bits per heavy atom. The number of nitrogens with one attached hydrogen (secondary N) is 1. The van der Waals surface area contributed by atoms with Crippen molar-refractivity contribution in [1.29, 1.82) is 0 Å². The lowest BCUT2D eigenvalue weighted by Gasteiger charge is -2.27. The smallest absolute Gasteiger partial charge is 0.326 e. The van der Waals surface area contributed by atoms with Gasteiger partial charge in [0.1, 0.15) is 6.54 Å². The molecular formula is C13H18F3N3O. The van der Waals surface area contributed by atoms with E-state index in [0.29, 0.717) is 12.2 Å². The van der Waals surface area contributed by atoms with Gasteiger partial charge in [0, 0.05) is 18.3 Å². The number of urea groups is 1. The number of hydrogen-bond donors (Lipinski definition) is 2. The van der Waals surface area contributed by atoms with Crippen LogP contribution in [0.3, 0.4) is 0 Å². The van der Waals surface area contributed by atoms with E-state index < -0.39 is 24.8 Å². The van der Waals surface area contributed by atoms with Gasteiger partial charge in [0.15, 0.2) is 0 Å². The van der Waals surface area contributed by atoms with Gasteiger partial charge in [-0.2, -0.15) is 13.2 Å². The molecule has 0 atom stereocenters. The second kappa shape index (κ2) is 6.60. The number of amides is 2. The highest BCUT2D eigenvalue weighted by molar-refractivity contribution is 5.89. The molecular weight excluding hydrogens is 271 g/mol. The standard InChI is InChI=1S/C13H18F3N3O/c1-9(2)19(8-13(14,15)16)12(20)18-11-5-3-4-10(6-11)7-17/h3-6,9H,7-8,17H2,1-2H3,(H,18,20). The molecule has 4 nitrogen and oxygen atoms in total. The molecule has 0 radical (unpaired) electrons. The SMILES string of the molecule is CC(C)N(CC(F)(F)F)C(=O)Nc1cccc(CN)c1. The molecule has 0 aliphatic rings. The lowest BCUT2D eigenvalue weighted by Crippen LogP contribution is -2.45. The van der Waals surface area contributed by atoms with Crippen LogP contribution in [0.2, 0.25) is 0 Å². The molecule has 20 heavy (non-hydrogen) atoms. The first-order valence-electron chi connectivity index (χ1n) is 6.16. The predicted octanol–water partition coefficient (Wildman–Crippen LogP) is 2.95. The maximum absolute atomic E-state index is 12.4. The molecule has 0 heterocycles. The Morgan fingerprint density at radius 2 is 2.05 bits per heavy atom. The summed E-state index contributed by atoms with van der Waals surface area (Å²) in [6.07, 6.45) is -4.43. The van der Waals surface area contributed by atoms with Crippen molar-refractivity contribution in [3.63, 3.8) is 0 Å². The maximum Gasteiger partial charge on any atom is 0.406 e. The van der Waals surface area contributed by atoms with Gasteiger partial charge in [0.05, 0.1) is 0 Å². The molecule has 0 fully saturated rings. The van der Waals surface area contributed by atoms with Crippen LogP contribution in [0.5, 0.6) is 0 Å². The number of carbonyl (C=O) groups is 1. The second-order valence-corrected chi connectivity index (χ2v) is 4.67. The molecule has 0 aromatic heterocycles. The summed E-state index contributed by atoms with van der Waals surface area (Å²) in [6.45, 7) is 2.07. The summed E-state index contributed by atoms with van der Waals surface area (Å²) in [4.78, 5) is 12.6. The van der Waals surface area contributed by atoms with Gasteiger partial charge in [0.2, 0.25) is 0 Å². The Morgan fingerprint density at radius 3 is 2.55 bits per heavy atom. The summed E-state index contributed by atoms with van der Waals surface area (Å²) < 4.78 is 37.3. The third kappa shape index (κ3) is 5.08. The zero-order valence-electron chi connectivity index (χ0n) is 11.4. The highest BCUT2D eigenvalue weighted by Gasteiger charge is 2.34. The van der Waals surface area contributed by atoms with Gasteiger partial charge in [-0.1, -0.05) is 12.1 Å². The Kier molecular flexibility index (Phi) is 5.38. The van der Waals surface area contributed by atoms with Crippen LogP contribution in [0.25, 0.3) is 0 Å². The number of rotatable bonds is 4. The number of carbonyl (C=O) groups excluding carboxylic acids is 1. The summed E-state index contributed by atoms with van der Waals surface area (Å²) in [5, 5.41) is 2.45. The van der Waals surface area contributed by atoms with Crippen molar-refractivity contribution in [3.8, 4) is 0 Å². The zero-order chi connectivity index (χ0) is 15.3. The van der Waals surface area contributed by atoms with Gasteiger partial charge < -0.3 is 16.0 Å². The highest BCUT2D eigenvalue weighted by atomic mass is 19.4. The van der Waals surface area contributed by atoms with E-state index in [4.69, 9.17) is 5.73 Å². The van der Waals surface area contributed by atoms with Crippen molar-refractivity contribution in [3.05, 3.63) is 29.8 Å². The molecule has 1 aromatic rings. The molecule has 2 amide bonds. The number of anilines is 1. The molecule has 112 valence electrons. The minimum absolute atomic E-state index is 0.292. The van der Waals surface area contributed by atoms with Gasteiger partial charge in [-0.15, -0.1) is 0 Å². The quantitative estimate of drug-likeness (QED) is 0.895. The third-order valence-electron chi connectivity index (χ3n) is 2.65. The van der Waals surface area contributed by atoms with Gasteiger partial charge in [-0.3, -0.25) is 0 Å². The Labute approximate surface area is 115 Å². The zero-order valence-corrected chi connectivity index (χ0v) is 11.4. The Hall–Kier alpha value is -1.76.